The summed E-state index contributed by atoms with van der Waals surface area (Å²) in [5.74, 6) is 3.28. The number of hydrogen-bond donors (Lipinski definition) is 0. The molecule has 4 nitrogen and oxygen atoms in total. The molecule has 1 aliphatic heterocycles. The molecule has 0 bridgehead atoms. The van der Waals surface area contributed by atoms with Gasteiger partial charge >= 0.3 is 0 Å². The summed E-state index contributed by atoms with van der Waals surface area (Å²) in [7, 11) is 0. The fraction of sp³-hybridized carbons (Fsp3) is 0.516. The Kier molecular flexibility index (Phi) is 5.11. The van der Waals surface area contributed by atoms with Crippen molar-refractivity contribution in [2.75, 3.05) is 0 Å². The lowest BCUT2D eigenvalue weighted by Crippen LogP contribution is -2.50. The van der Waals surface area contributed by atoms with Gasteiger partial charge < -0.3 is 4.74 Å². The van der Waals surface area contributed by atoms with E-state index in [1.165, 1.54) is 16.7 Å². The molecule has 0 amide bonds. The van der Waals surface area contributed by atoms with Crippen LogP contribution < -0.4 is 0 Å². The molecule has 2 fully saturated rings. The largest absolute Gasteiger partial charge is 0.446 e. The van der Waals surface area contributed by atoms with Gasteiger partial charge in [0.05, 0.1) is 0 Å². The quantitative estimate of drug-likeness (QED) is 0.453. The highest BCUT2D eigenvalue weighted by atomic mass is 16.5. The summed E-state index contributed by atoms with van der Waals surface area (Å²) < 4.78 is 6.14. The molecule has 1 aromatic carbocycles. The zero-order valence-electron chi connectivity index (χ0n) is 21.2. The van der Waals surface area contributed by atoms with Crippen LogP contribution >= 0.6 is 0 Å². The Bertz CT molecular complexity index is 1230. The van der Waals surface area contributed by atoms with E-state index >= 15 is 0 Å². The molecular formula is C31H35NO3. The van der Waals surface area contributed by atoms with Crippen LogP contribution in [0.2, 0.25) is 0 Å². The summed E-state index contributed by atoms with van der Waals surface area (Å²) >= 11 is 0. The SMILES string of the molecule is C=C1OC(CC)=N[C@]12CC[C@H]1[C@@H]3CCC4=CC(=O)CCC4=C3[C@@H](c3ccc(C(C)=O)cc3)C[C@@]12C. The van der Waals surface area contributed by atoms with Crippen LogP contribution in [0.4, 0.5) is 0 Å². The molecule has 0 radical (unpaired) electrons. The number of carbonyl (C=O) groups is 2. The summed E-state index contributed by atoms with van der Waals surface area (Å²) in [5.41, 5.74) is 5.90. The molecule has 6 rings (SSSR count). The number of allylic oxidation sites excluding steroid dienone is 4. The van der Waals surface area contributed by atoms with Crippen LogP contribution in [-0.2, 0) is 9.53 Å². The van der Waals surface area contributed by atoms with Crippen molar-refractivity contribution in [3.05, 3.63) is 70.5 Å². The molecule has 35 heavy (non-hydrogen) atoms. The highest BCUT2D eigenvalue weighted by Crippen LogP contribution is 2.69. The molecule has 182 valence electrons. The van der Waals surface area contributed by atoms with Crippen molar-refractivity contribution >= 4 is 17.5 Å². The summed E-state index contributed by atoms with van der Waals surface area (Å²) in [4.78, 5) is 29.5. The van der Waals surface area contributed by atoms with Crippen LogP contribution in [0.25, 0.3) is 0 Å². The summed E-state index contributed by atoms with van der Waals surface area (Å²) in [5, 5.41) is 0. The number of carbonyl (C=O) groups excluding carboxylic acids is 2. The summed E-state index contributed by atoms with van der Waals surface area (Å²) in [6.45, 7) is 10.6. The minimum absolute atomic E-state index is 0.0503. The van der Waals surface area contributed by atoms with Gasteiger partial charge in [-0.25, -0.2) is 4.99 Å². The van der Waals surface area contributed by atoms with E-state index in [0.717, 1.165) is 62.2 Å². The highest BCUT2D eigenvalue weighted by Gasteiger charge is 2.66. The number of rotatable bonds is 3. The number of benzene rings is 1. The molecule has 0 N–H and O–H groups in total. The highest BCUT2D eigenvalue weighted by molar-refractivity contribution is 5.94. The van der Waals surface area contributed by atoms with Gasteiger partial charge in [0.15, 0.2) is 17.5 Å². The Morgan fingerprint density at radius 3 is 2.63 bits per heavy atom. The maximum atomic E-state index is 12.3. The second-order valence-electron chi connectivity index (χ2n) is 11.5. The summed E-state index contributed by atoms with van der Waals surface area (Å²) in [6, 6.07) is 8.27. The van der Waals surface area contributed by atoms with Crippen molar-refractivity contribution in [3.63, 3.8) is 0 Å². The molecule has 0 aromatic heterocycles. The number of fused-ring (bicyclic) bond motifs is 5. The van der Waals surface area contributed by atoms with E-state index in [-0.39, 0.29) is 28.4 Å². The number of ether oxygens (including phenoxy) is 1. The van der Waals surface area contributed by atoms with Gasteiger partial charge in [-0.1, -0.05) is 50.3 Å². The first-order chi connectivity index (χ1) is 16.8. The van der Waals surface area contributed by atoms with Gasteiger partial charge in [0, 0.05) is 29.7 Å². The van der Waals surface area contributed by atoms with Gasteiger partial charge in [0.1, 0.15) is 11.3 Å². The van der Waals surface area contributed by atoms with Crippen molar-refractivity contribution in [2.45, 2.75) is 83.6 Å². The van der Waals surface area contributed by atoms with Gasteiger partial charge in [0.2, 0.25) is 0 Å². The number of nitrogens with zero attached hydrogens (tertiary/aromatic N) is 1. The van der Waals surface area contributed by atoms with Crippen LogP contribution in [0.3, 0.4) is 0 Å². The lowest BCUT2D eigenvalue weighted by Gasteiger charge is -2.54. The third-order valence-corrected chi connectivity index (χ3v) is 9.93. The first-order valence-electron chi connectivity index (χ1n) is 13.3. The Balaban J connectivity index is 1.52. The third-order valence-electron chi connectivity index (χ3n) is 9.93. The van der Waals surface area contributed by atoms with Crippen molar-refractivity contribution in [3.8, 4) is 0 Å². The molecule has 5 atom stereocenters. The van der Waals surface area contributed by atoms with Crippen molar-refractivity contribution in [2.24, 2.45) is 22.2 Å². The van der Waals surface area contributed by atoms with E-state index in [2.05, 4.69) is 32.6 Å². The monoisotopic (exact) mass is 469 g/mol. The molecule has 0 saturated heterocycles. The molecule has 2 saturated carbocycles. The van der Waals surface area contributed by atoms with E-state index in [4.69, 9.17) is 9.73 Å². The fourth-order valence-electron chi connectivity index (χ4n) is 8.23. The molecule has 4 aliphatic carbocycles. The Morgan fingerprint density at radius 1 is 1.17 bits per heavy atom. The predicted octanol–water partition coefficient (Wildman–Crippen LogP) is 6.88. The molecular weight excluding hydrogens is 434 g/mol. The fourth-order valence-corrected chi connectivity index (χ4v) is 8.23. The van der Waals surface area contributed by atoms with E-state index < -0.39 is 0 Å². The maximum Gasteiger partial charge on any atom is 0.190 e. The number of hydrogen-bond acceptors (Lipinski definition) is 4. The average molecular weight is 470 g/mol. The maximum absolute atomic E-state index is 12.3. The van der Waals surface area contributed by atoms with Crippen molar-refractivity contribution < 1.29 is 14.3 Å². The topological polar surface area (TPSA) is 55.7 Å². The van der Waals surface area contributed by atoms with E-state index in [0.29, 0.717) is 18.3 Å². The molecule has 1 heterocycles. The van der Waals surface area contributed by atoms with Crippen molar-refractivity contribution in [1.29, 1.82) is 0 Å². The standard InChI is InChI=1S/C31H35NO3/c1-5-28-32-31(19(3)35-28)15-14-27-25-12-10-22-16-23(34)11-13-24(22)29(25)26(17-30(27,31)4)21-8-6-20(7-9-21)18(2)33/h6-9,16,25-27H,3,5,10-15,17H2,1-2,4H3/t25-,26+,27-,30-,31+/m0/s1. The zero-order chi connectivity index (χ0) is 24.5. The van der Waals surface area contributed by atoms with E-state index in [1.807, 2.05) is 18.2 Å². The van der Waals surface area contributed by atoms with Gasteiger partial charge in [-0.2, -0.15) is 0 Å². The Labute approximate surface area is 208 Å². The van der Waals surface area contributed by atoms with Gasteiger partial charge in [0.25, 0.3) is 0 Å². The molecule has 5 aliphatic rings. The van der Waals surface area contributed by atoms with Crippen LogP contribution in [0.5, 0.6) is 0 Å². The normalized spacial score (nSPS) is 35.8. The number of Topliss-reactive ketones (excluding diaryl/α,β-unsaturated/α-hetero) is 1. The van der Waals surface area contributed by atoms with E-state index in [9.17, 15) is 9.59 Å². The lowest BCUT2D eigenvalue weighted by atomic mass is 9.50. The lowest BCUT2D eigenvalue weighted by molar-refractivity contribution is -0.114. The summed E-state index contributed by atoms with van der Waals surface area (Å²) in [6.07, 6.45) is 9.38. The van der Waals surface area contributed by atoms with Crippen molar-refractivity contribution in [1.82, 2.24) is 0 Å². The zero-order valence-corrected chi connectivity index (χ0v) is 21.2. The van der Waals surface area contributed by atoms with Crippen LogP contribution in [0, 0.1) is 17.3 Å². The van der Waals surface area contributed by atoms with Gasteiger partial charge in [-0.05, 0) is 80.1 Å². The minimum Gasteiger partial charge on any atom is -0.446 e. The molecule has 4 heteroatoms. The first-order valence-corrected chi connectivity index (χ1v) is 13.3. The number of ketones is 2. The Hall–Kier alpha value is -2.75. The van der Waals surface area contributed by atoms with Crippen LogP contribution in [-0.4, -0.2) is 23.0 Å². The van der Waals surface area contributed by atoms with Crippen LogP contribution in [0.1, 0.15) is 94.0 Å². The van der Waals surface area contributed by atoms with Gasteiger partial charge in [-0.15, -0.1) is 0 Å². The molecule has 0 unspecified atom stereocenters. The van der Waals surface area contributed by atoms with Crippen LogP contribution in [0.15, 0.2) is 64.4 Å². The predicted molar refractivity (Wildman–Crippen MR) is 137 cm³/mol. The third kappa shape index (κ3) is 3.14. The molecule has 1 aromatic rings. The van der Waals surface area contributed by atoms with E-state index in [1.54, 1.807) is 12.5 Å². The minimum atomic E-state index is -0.352. The Morgan fingerprint density at radius 2 is 1.94 bits per heavy atom. The second-order valence-corrected chi connectivity index (χ2v) is 11.5. The number of aliphatic imine (C=N–C) groups is 1. The van der Waals surface area contributed by atoms with Gasteiger partial charge in [-0.3, -0.25) is 9.59 Å². The average Bonchev–Trinajstić information content (AvgIpc) is 3.34. The second kappa shape index (κ2) is 7.88. The molecule has 1 spiro atoms. The first kappa shape index (κ1) is 22.7. The smallest absolute Gasteiger partial charge is 0.190 e.